The minimum Gasteiger partial charge on any atom is -0.490 e. The number of quaternary nitrogens is 1. The molecule has 0 unspecified atom stereocenters. The summed E-state index contributed by atoms with van der Waals surface area (Å²) < 4.78 is 11.7. The zero-order chi connectivity index (χ0) is 20.1. The normalized spacial score (nSPS) is 19.2. The van der Waals surface area contributed by atoms with Gasteiger partial charge in [0.2, 0.25) is 5.76 Å². The van der Waals surface area contributed by atoms with E-state index in [1.54, 1.807) is 35.3 Å². The number of nitrogens with two attached hydrogens (primary N) is 1. The predicted octanol–water partition coefficient (Wildman–Crippen LogP) is 0.981. The van der Waals surface area contributed by atoms with Gasteiger partial charge in [0, 0.05) is 37.0 Å². The Balaban J connectivity index is 1.87. The van der Waals surface area contributed by atoms with Crippen LogP contribution >= 0.6 is 0 Å². The average Bonchev–Trinajstić information content (AvgIpc) is 2.73. The highest BCUT2D eigenvalue weighted by atomic mass is 16.6. The van der Waals surface area contributed by atoms with E-state index < -0.39 is 6.09 Å². The summed E-state index contributed by atoms with van der Waals surface area (Å²) in [5, 5.41) is 20.4. The maximum absolute atomic E-state index is 12.5. The van der Waals surface area contributed by atoms with Gasteiger partial charge in [0.25, 0.3) is 11.4 Å². The third kappa shape index (κ3) is 4.16. The fourth-order valence-electron chi connectivity index (χ4n) is 3.13. The van der Waals surface area contributed by atoms with E-state index in [0.29, 0.717) is 42.3 Å². The molecule has 0 bridgehead atoms. The van der Waals surface area contributed by atoms with E-state index in [-0.39, 0.29) is 5.76 Å². The molecule has 28 heavy (non-hydrogen) atoms. The number of rotatable bonds is 4. The second-order valence-corrected chi connectivity index (χ2v) is 6.60. The summed E-state index contributed by atoms with van der Waals surface area (Å²) >= 11 is 0. The number of para-hydroxylation sites is 1. The van der Waals surface area contributed by atoms with Crippen molar-refractivity contribution >= 4 is 23.2 Å². The van der Waals surface area contributed by atoms with Gasteiger partial charge in [0.1, 0.15) is 0 Å². The van der Waals surface area contributed by atoms with Crippen molar-refractivity contribution in [2.75, 3.05) is 40.3 Å². The number of carbonyl (C=O) groups excluding carboxylic acids is 1. The summed E-state index contributed by atoms with van der Waals surface area (Å²) in [5.41, 5.74) is 1.89. The molecule has 3 rings (SSSR count). The van der Waals surface area contributed by atoms with Crippen LogP contribution in [0.15, 0.2) is 42.2 Å². The first-order valence-electron chi connectivity index (χ1n) is 9.07. The van der Waals surface area contributed by atoms with Crippen molar-refractivity contribution < 1.29 is 34.9 Å². The maximum Gasteiger partial charge on any atom is 0.415 e. The van der Waals surface area contributed by atoms with Crippen LogP contribution in [0.5, 0.6) is 5.75 Å². The molecule has 1 fully saturated rings. The summed E-state index contributed by atoms with van der Waals surface area (Å²) in [6, 6.07) is 5.01. The Hall–Kier alpha value is -2.88. The number of amides is 1. The number of allylic oxidation sites excluding steroid dienone is 4. The molecular formula is C19H26N4O5+2. The molecule has 0 spiro atoms. The van der Waals surface area contributed by atoms with Gasteiger partial charge in [-0.05, 0) is 19.2 Å². The van der Waals surface area contributed by atoms with E-state index in [1.807, 2.05) is 13.1 Å². The molecule has 150 valence electrons. The van der Waals surface area contributed by atoms with Crippen molar-refractivity contribution in [3.05, 3.63) is 42.2 Å². The molecule has 4 N–H and O–H groups in total. The molecule has 0 aromatic heterocycles. The number of hydrogen-bond acceptors (Lipinski definition) is 6. The van der Waals surface area contributed by atoms with Crippen LogP contribution in [0.1, 0.15) is 6.42 Å². The SMILES string of the molecule is COc1cccc(/[N+](O)=C2\CC=CC=C2OC(=O)N2CCN(C)CC2)c1[NH2+]O. The molecule has 9 heteroatoms. The van der Waals surface area contributed by atoms with Gasteiger partial charge in [-0.2, -0.15) is 5.48 Å². The largest absolute Gasteiger partial charge is 0.490 e. The van der Waals surface area contributed by atoms with Crippen molar-refractivity contribution in [3.63, 3.8) is 0 Å². The molecule has 1 saturated heterocycles. The van der Waals surface area contributed by atoms with E-state index in [4.69, 9.17) is 9.47 Å². The summed E-state index contributed by atoms with van der Waals surface area (Å²) in [5.74, 6) is 0.673. The van der Waals surface area contributed by atoms with Crippen LogP contribution in [0.25, 0.3) is 0 Å². The van der Waals surface area contributed by atoms with Crippen molar-refractivity contribution in [3.8, 4) is 5.75 Å². The number of benzene rings is 1. The van der Waals surface area contributed by atoms with Gasteiger partial charge in [-0.1, -0.05) is 18.2 Å². The second kappa shape index (κ2) is 8.87. The fourth-order valence-corrected chi connectivity index (χ4v) is 3.13. The van der Waals surface area contributed by atoms with Gasteiger partial charge >= 0.3 is 11.8 Å². The zero-order valence-electron chi connectivity index (χ0n) is 16.0. The van der Waals surface area contributed by atoms with Crippen molar-refractivity contribution in [1.29, 1.82) is 0 Å². The summed E-state index contributed by atoms with van der Waals surface area (Å²) in [7, 11) is 3.49. The van der Waals surface area contributed by atoms with Gasteiger partial charge in [-0.15, -0.1) is 0 Å². The monoisotopic (exact) mass is 390 g/mol. The molecule has 0 saturated carbocycles. The van der Waals surface area contributed by atoms with Crippen LogP contribution < -0.4 is 10.2 Å². The van der Waals surface area contributed by atoms with Gasteiger partial charge < -0.3 is 19.3 Å². The first-order valence-corrected chi connectivity index (χ1v) is 9.07. The van der Waals surface area contributed by atoms with E-state index >= 15 is 0 Å². The van der Waals surface area contributed by atoms with Crippen molar-refractivity contribution in [2.45, 2.75) is 6.42 Å². The van der Waals surface area contributed by atoms with Crippen LogP contribution in [-0.4, -0.2) is 77.1 Å². The van der Waals surface area contributed by atoms with Gasteiger partial charge in [0.15, 0.2) is 5.75 Å². The first-order chi connectivity index (χ1) is 13.5. The number of likely N-dealkylation sites (N-methyl/N-ethyl adjacent to an activating group) is 1. The summed E-state index contributed by atoms with van der Waals surface area (Å²) in [6.45, 7) is 2.76. The zero-order valence-corrected chi connectivity index (χ0v) is 16.0. The number of piperazine rings is 1. The highest BCUT2D eigenvalue weighted by molar-refractivity contribution is 5.99. The lowest BCUT2D eigenvalue weighted by molar-refractivity contribution is -0.830. The lowest BCUT2D eigenvalue weighted by Crippen LogP contribution is -2.74. The average molecular weight is 390 g/mol. The predicted molar refractivity (Wildman–Crippen MR) is 100 cm³/mol. The molecular weight excluding hydrogens is 364 g/mol. The number of nitrogens with zero attached hydrogens (tertiary/aromatic N) is 3. The number of methoxy groups -OCH3 is 1. The van der Waals surface area contributed by atoms with E-state index in [2.05, 4.69) is 4.90 Å². The first kappa shape index (κ1) is 19.9. The Morgan fingerprint density at radius 2 is 2.00 bits per heavy atom. The van der Waals surface area contributed by atoms with Crippen molar-refractivity contribution in [2.24, 2.45) is 0 Å². The molecule has 1 aliphatic carbocycles. The summed E-state index contributed by atoms with van der Waals surface area (Å²) in [4.78, 5) is 16.3. The van der Waals surface area contributed by atoms with E-state index in [9.17, 15) is 15.2 Å². The van der Waals surface area contributed by atoms with Gasteiger partial charge in [-0.3, -0.25) is 5.21 Å². The fraction of sp³-hybridized carbons (Fsp3) is 0.368. The van der Waals surface area contributed by atoms with Crippen molar-refractivity contribution in [1.82, 2.24) is 9.80 Å². The van der Waals surface area contributed by atoms with E-state index in [1.165, 1.54) is 7.11 Å². The molecule has 1 aliphatic heterocycles. The summed E-state index contributed by atoms with van der Waals surface area (Å²) in [6.07, 6.45) is 5.17. The highest BCUT2D eigenvalue weighted by Gasteiger charge is 2.32. The molecule has 0 radical (unpaired) electrons. The lowest BCUT2D eigenvalue weighted by Gasteiger charge is -2.31. The lowest BCUT2D eigenvalue weighted by atomic mass is 10.1. The Morgan fingerprint density at radius 1 is 1.25 bits per heavy atom. The van der Waals surface area contributed by atoms with E-state index in [0.717, 1.165) is 23.3 Å². The highest BCUT2D eigenvalue weighted by Crippen LogP contribution is 2.30. The molecule has 1 aromatic carbocycles. The number of carbonyl (C=O) groups is 1. The Morgan fingerprint density at radius 3 is 2.68 bits per heavy atom. The van der Waals surface area contributed by atoms with Gasteiger partial charge in [0.05, 0.1) is 13.5 Å². The van der Waals surface area contributed by atoms with Crippen LogP contribution in [0.4, 0.5) is 16.2 Å². The smallest absolute Gasteiger partial charge is 0.415 e. The number of hydrogen-bond donors (Lipinski definition) is 3. The minimum absolute atomic E-state index is 0.264. The second-order valence-electron chi connectivity index (χ2n) is 6.60. The van der Waals surface area contributed by atoms with Crippen LogP contribution in [0, 0.1) is 0 Å². The molecule has 1 amide bonds. The Kier molecular flexibility index (Phi) is 6.30. The Bertz CT molecular complexity index is 826. The van der Waals surface area contributed by atoms with Crippen LogP contribution in [0.3, 0.4) is 0 Å². The van der Waals surface area contributed by atoms with Gasteiger partial charge in [-0.25, -0.2) is 10.0 Å². The topological polar surface area (TPSA) is 102 Å². The molecule has 0 atom stereocenters. The van der Waals surface area contributed by atoms with Crippen LogP contribution in [-0.2, 0) is 4.74 Å². The third-order valence-electron chi connectivity index (χ3n) is 4.81. The molecule has 2 aliphatic rings. The minimum atomic E-state index is -0.444. The quantitative estimate of drug-likeness (QED) is 0.307. The maximum atomic E-state index is 12.5. The van der Waals surface area contributed by atoms with Crippen LogP contribution in [0.2, 0.25) is 0 Å². The number of ether oxygens (including phenoxy) is 2. The Labute approximate surface area is 163 Å². The third-order valence-corrected chi connectivity index (χ3v) is 4.81. The molecule has 1 heterocycles. The molecule has 1 aromatic rings. The molecule has 9 nitrogen and oxygen atoms in total. The standard InChI is InChI=1S/C19H25N4O5/c1-21-10-12-22(13-11-21)19(24)28-16-8-4-3-6-14(16)23(26)15-7-5-9-17(27-2)18(15)20-25/h3-5,7-9,20,25-26H,6,10-13H2,1-2H3/q+1/p+1/b23-14-.